The monoisotopic (exact) mass is 510 g/mol. The summed E-state index contributed by atoms with van der Waals surface area (Å²) in [6.45, 7) is 23.9. The molecule has 0 aromatic heterocycles. The van der Waals surface area contributed by atoms with Gasteiger partial charge in [-0.05, 0) is 69.3 Å². The summed E-state index contributed by atoms with van der Waals surface area (Å²) < 4.78 is 0. The average Bonchev–Trinajstić information content (AvgIpc) is 2.74. The van der Waals surface area contributed by atoms with E-state index in [9.17, 15) is 20.1 Å². The Morgan fingerprint density at radius 3 is 0.895 bits per heavy atom. The number of ketones is 2. The number of carbonyl (C=O) groups excluding carboxylic acids is 2. The topological polar surface area (TPSA) is 81.7 Å². The third-order valence-corrected chi connectivity index (χ3v) is 6.61. The number of nitriles is 2. The molecule has 4 heteroatoms. The van der Waals surface area contributed by atoms with Crippen molar-refractivity contribution in [3.05, 3.63) is 81.0 Å². The zero-order chi connectivity index (χ0) is 29.4. The first-order chi connectivity index (χ1) is 17.1. The molecule has 0 saturated heterocycles. The van der Waals surface area contributed by atoms with E-state index in [1.54, 1.807) is 12.2 Å². The van der Waals surface area contributed by atoms with Gasteiger partial charge >= 0.3 is 0 Å². The SMILES string of the molecule is CC(C)(C)C1=CC(=C/C(C#N)=C(\C#N)C=C2C=C(C(C)(C)C)C(=O)C(C(C)(C)C)=C2)C=C(C(C)(C)C)C1=O. The lowest BCUT2D eigenvalue weighted by Gasteiger charge is -2.31. The molecule has 0 aromatic carbocycles. The van der Waals surface area contributed by atoms with Gasteiger partial charge in [0.2, 0.25) is 0 Å². The Bertz CT molecular complexity index is 1180. The van der Waals surface area contributed by atoms with E-state index in [2.05, 4.69) is 12.1 Å². The van der Waals surface area contributed by atoms with Crippen molar-refractivity contribution in [1.29, 1.82) is 10.5 Å². The number of hydrogen-bond donors (Lipinski definition) is 0. The third kappa shape index (κ3) is 6.87. The van der Waals surface area contributed by atoms with E-state index in [0.29, 0.717) is 33.4 Å². The summed E-state index contributed by atoms with van der Waals surface area (Å²) in [5.74, 6) is 0.0256. The molecule has 4 nitrogen and oxygen atoms in total. The van der Waals surface area contributed by atoms with Crippen LogP contribution in [0.4, 0.5) is 0 Å². The highest BCUT2D eigenvalue weighted by molar-refractivity contribution is 6.12. The predicted octanol–water partition coefficient (Wildman–Crippen LogP) is 8.24. The van der Waals surface area contributed by atoms with Crippen molar-refractivity contribution in [3.8, 4) is 12.1 Å². The summed E-state index contributed by atoms with van der Waals surface area (Å²) in [6, 6.07) is 4.37. The molecule has 0 spiro atoms. The van der Waals surface area contributed by atoms with Crippen molar-refractivity contribution >= 4 is 11.6 Å². The Balaban J connectivity index is 2.83. The van der Waals surface area contributed by atoms with Crippen LogP contribution in [-0.4, -0.2) is 11.6 Å². The Morgan fingerprint density at radius 2 is 0.737 bits per heavy atom. The van der Waals surface area contributed by atoms with Crippen molar-refractivity contribution in [2.24, 2.45) is 21.7 Å². The molecule has 0 fully saturated rings. The maximum Gasteiger partial charge on any atom is 0.186 e. The summed E-state index contributed by atoms with van der Waals surface area (Å²) in [5, 5.41) is 20.1. The minimum Gasteiger partial charge on any atom is -0.289 e. The number of rotatable bonds is 2. The first-order valence-corrected chi connectivity index (χ1v) is 13.1. The minimum atomic E-state index is -0.381. The number of allylic oxidation sites excluding steroid dienone is 14. The average molecular weight is 511 g/mol. The minimum absolute atomic E-state index is 0.0128. The Labute approximate surface area is 229 Å². The molecule has 2 aliphatic carbocycles. The van der Waals surface area contributed by atoms with Crippen LogP contribution in [0.3, 0.4) is 0 Å². The van der Waals surface area contributed by atoms with Crippen molar-refractivity contribution < 1.29 is 9.59 Å². The molecule has 2 rings (SSSR count). The zero-order valence-electron chi connectivity index (χ0n) is 25.2. The molecule has 38 heavy (non-hydrogen) atoms. The van der Waals surface area contributed by atoms with Crippen LogP contribution in [0.1, 0.15) is 83.1 Å². The fraction of sp³-hybridized carbons (Fsp3) is 0.471. The van der Waals surface area contributed by atoms with E-state index in [4.69, 9.17) is 0 Å². The number of Topliss-reactive ketones (excluding diaryl/α,β-unsaturated/α-hetero) is 2. The molecule has 0 bridgehead atoms. The molecule has 0 aromatic rings. The second-order valence-corrected chi connectivity index (χ2v) is 14.2. The van der Waals surface area contributed by atoms with Crippen LogP contribution in [-0.2, 0) is 9.59 Å². The maximum atomic E-state index is 13.3. The summed E-state index contributed by atoms with van der Waals surface area (Å²) >= 11 is 0. The third-order valence-electron chi connectivity index (χ3n) is 6.61. The molecular formula is C34H42N2O2. The molecule has 2 aliphatic rings. The lowest BCUT2D eigenvalue weighted by molar-refractivity contribution is -0.114. The van der Waals surface area contributed by atoms with Gasteiger partial charge in [0.05, 0.1) is 11.1 Å². The summed E-state index contributed by atoms with van der Waals surface area (Å²) in [5.41, 5.74) is 2.98. The Hall–Kier alpha value is -3.50. The van der Waals surface area contributed by atoms with Gasteiger partial charge in [-0.3, -0.25) is 9.59 Å². The summed E-state index contributed by atoms with van der Waals surface area (Å²) in [4.78, 5) is 26.6. The molecule has 0 N–H and O–H groups in total. The summed E-state index contributed by atoms with van der Waals surface area (Å²) in [6.07, 6.45) is 10.7. The molecule has 0 atom stereocenters. The van der Waals surface area contributed by atoms with Gasteiger partial charge in [-0.15, -0.1) is 0 Å². The van der Waals surface area contributed by atoms with Crippen molar-refractivity contribution in [2.45, 2.75) is 83.1 Å². The van der Waals surface area contributed by atoms with Gasteiger partial charge < -0.3 is 0 Å². The highest BCUT2D eigenvalue weighted by Crippen LogP contribution is 2.40. The van der Waals surface area contributed by atoms with Gasteiger partial charge in [0.25, 0.3) is 0 Å². The van der Waals surface area contributed by atoms with Gasteiger partial charge in [-0.25, -0.2) is 0 Å². The van der Waals surface area contributed by atoms with E-state index in [1.807, 2.05) is 107 Å². The van der Waals surface area contributed by atoms with Crippen LogP contribution in [0, 0.1) is 44.3 Å². The zero-order valence-corrected chi connectivity index (χ0v) is 25.2. The largest absolute Gasteiger partial charge is 0.289 e. The highest BCUT2D eigenvalue weighted by atomic mass is 16.1. The molecule has 0 radical (unpaired) electrons. The van der Waals surface area contributed by atoms with Crippen molar-refractivity contribution in [1.82, 2.24) is 0 Å². The molecule has 0 amide bonds. The Kier molecular flexibility index (Phi) is 8.36. The van der Waals surface area contributed by atoms with Crippen LogP contribution >= 0.6 is 0 Å². The standard InChI is InChI=1S/C34H42N2O2/c1-31(2,3)25-15-21(16-26(29(25)37)32(4,5)6)13-23(19-35)24(20-36)14-22-17-27(33(7,8)9)30(38)28(18-22)34(10,11)12/h13-18H,1-12H3/b24-23+. The molecule has 0 saturated carbocycles. The van der Waals surface area contributed by atoms with E-state index in [-0.39, 0.29) is 44.4 Å². The number of nitrogens with zero attached hydrogens (tertiary/aromatic N) is 2. The Morgan fingerprint density at radius 1 is 0.526 bits per heavy atom. The smallest absolute Gasteiger partial charge is 0.186 e. The first kappa shape index (κ1) is 30.7. The lowest BCUT2D eigenvalue weighted by Crippen LogP contribution is -2.28. The fourth-order valence-electron chi connectivity index (χ4n) is 4.37. The highest BCUT2D eigenvalue weighted by Gasteiger charge is 2.35. The molecular weight excluding hydrogens is 468 g/mol. The number of hydrogen-bond acceptors (Lipinski definition) is 4. The van der Waals surface area contributed by atoms with Crippen LogP contribution in [0.25, 0.3) is 0 Å². The van der Waals surface area contributed by atoms with E-state index < -0.39 is 0 Å². The van der Waals surface area contributed by atoms with Gasteiger partial charge in [0.1, 0.15) is 12.1 Å². The second kappa shape index (κ2) is 10.3. The molecule has 0 aliphatic heterocycles. The van der Waals surface area contributed by atoms with E-state index in [0.717, 1.165) is 0 Å². The van der Waals surface area contributed by atoms with Gasteiger partial charge in [-0.1, -0.05) is 83.1 Å². The fourth-order valence-corrected chi connectivity index (χ4v) is 4.37. The van der Waals surface area contributed by atoms with Gasteiger partial charge in [0, 0.05) is 22.3 Å². The van der Waals surface area contributed by atoms with Crippen LogP contribution in [0.5, 0.6) is 0 Å². The molecule has 0 unspecified atom stereocenters. The van der Waals surface area contributed by atoms with Crippen LogP contribution in [0.2, 0.25) is 0 Å². The first-order valence-electron chi connectivity index (χ1n) is 13.1. The maximum absolute atomic E-state index is 13.3. The second-order valence-electron chi connectivity index (χ2n) is 14.2. The van der Waals surface area contributed by atoms with E-state index in [1.165, 1.54) is 0 Å². The van der Waals surface area contributed by atoms with Crippen LogP contribution < -0.4 is 0 Å². The molecule has 0 heterocycles. The predicted molar refractivity (Wildman–Crippen MR) is 155 cm³/mol. The summed E-state index contributed by atoms with van der Waals surface area (Å²) in [7, 11) is 0. The van der Waals surface area contributed by atoms with Gasteiger partial charge in [0.15, 0.2) is 11.6 Å². The van der Waals surface area contributed by atoms with Crippen molar-refractivity contribution in [2.75, 3.05) is 0 Å². The number of carbonyl (C=O) groups is 2. The quantitative estimate of drug-likeness (QED) is 0.350. The molecule has 200 valence electrons. The van der Waals surface area contributed by atoms with Gasteiger partial charge in [-0.2, -0.15) is 10.5 Å². The lowest BCUT2D eigenvalue weighted by atomic mass is 9.71. The van der Waals surface area contributed by atoms with Crippen molar-refractivity contribution in [3.63, 3.8) is 0 Å². The van der Waals surface area contributed by atoms with Crippen LogP contribution in [0.15, 0.2) is 81.0 Å². The normalized spacial score (nSPS) is 17.9. The van der Waals surface area contributed by atoms with E-state index >= 15 is 0 Å².